The second-order valence-corrected chi connectivity index (χ2v) is 7.89. The molecule has 3 rings (SSSR count). The molecule has 1 atom stereocenters. The van der Waals surface area contributed by atoms with Crippen molar-refractivity contribution in [2.75, 3.05) is 28.4 Å². The standard InChI is InChI=1S/C27H28O8/c1-7-15(2)19-11-16(10-18-12-20(26(29)34-6)27(30)35-24(18)19)8-9-21(28)17-13-22(31-3)25(33-5)23(14-17)32-4/h8-15H,7H2,1-6H3. The van der Waals surface area contributed by atoms with Gasteiger partial charge in [-0.3, -0.25) is 4.79 Å². The Hall–Kier alpha value is -4.07. The lowest BCUT2D eigenvalue weighted by Crippen LogP contribution is -2.15. The second kappa shape index (κ2) is 10.9. The van der Waals surface area contributed by atoms with Gasteiger partial charge in [-0.05, 0) is 59.9 Å². The molecule has 0 spiro atoms. The second-order valence-electron chi connectivity index (χ2n) is 7.89. The number of allylic oxidation sites excluding steroid dienone is 1. The summed E-state index contributed by atoms with van der Waals surface area (Å²) in [6, 6.07) is 8.23. The van der Waals surface area contributed by atoms with Gasteiger partial charge in [0.15, 0.2) is 17.3 Å². The molecule has 1 unspecified atom stereocenters. The maximum Gasteiger partial charge on any atom is 0.351 e. The summed E-state index contributed by atoms with van der Waals surface area (Å²) < 4.78 is 26.2. The van der Waals surface area contributed by atoms with Crippen LogP contribution in [-0.2, 0) is 4.74 Å². The third-order valence-electron chi connectivity index (χ3n) is 5.81. The first kappa shape index (κ1) is 25.6. The summed E-state index contributed by atoms with van der Waals surface area (Å²) in [7, 11) is 5.65. The molecule has 0 aliphatic rings. The van der Waals surface area contributed by atoms with Crippen molar-refractivity contribution in [3.63, 3.8) is 0 Å². The molecule has 0 radical (unpaired) electrons. The Balaban J connectivity index is 2.08. The van der Waals surface area contributed by atoms with Crippen LogP contribution in [-0.4, -0.2) is 40.2 Å². The number of rotatable bonds is 9. The van der Waals surface area contributed by atoms with Gasteiger partial charge in [-0.1, -0.05) is 19.9 Å². The zero-order valence-corrected chi connectivity index (χ0v) is 20.6. The number of hydrogen-bond acceptors (Lipinski definition) is 8. The minimum atomic E-state index is -0.774. The maximum atomic E-state index is 13.0. The number of carbonyl (C=O) groups is 2. The molecule has 3 aromatic rings. The van der Waals surface area contributed by atoms with Crippen LogP contribution < -0.4 is 19.8 Å². The van der Waals surface area contributed by atoms with E-state index >= 15 is 0 Å². The van der Waals surface area contributed by atoms with Crippen LogP contribution >= 0.6 is 0 Å². The Morgan fingerprint density at radius 1 is 0.971 bits per heavy atom. The van der Waals surface area contributed by atoms with Gasteiger partial charge in [0.1, 0.15) is 11.1 Å². The first-order valence-electron chi connectivity index (χ1n) is 11.0. The zero-order chi connectivity index (χ0) is 25.7. The first-order valence-corrected chi connectivity index (χ1v) is 11.0. The topological polar surface area (TPSA) is 101 Å². The van der Waals surface area contributed by atoms with Crippen LogP contribution in [0.1, 0.15) is 58.0 Å². The van der Waals surface area contributed by atoms with Crippen LogP contribution in [0.3, 0.4) is 0 Å². The number of ketones is 1. The highest BCUT2D eigenvalue weighted by atomic mass is 16.5. The van der Waals surface area contributed by atoms with Crippen molar-refractivity contribution >= 4 is 28.8 Å². The van der Waals surface area contributed by atoms with Crippen LogP contribution in [0, 0.1) is 0 Å². The molecule has 1 aromatic heterocycles. The third kappa shape index (κ3) is 5.21. The lowest BCUT2D eigenvalue weighted by atomic mass is 9.93. The van der Waals surface area contributed by atoms with E-state index in [1.807, 2.05) is 19.9 Å². The molecule has 8 heteroatoms. The van der Waals surface area contributed by atoms with E-state index in [0.717, 1.165) is 12.0 Å². The van der Waals surface area contributed by atoms with E-state index in [1.54, 1.807) is 24.3 Å². The highest BCUT2D eigenvalue weighted by molar-refractivity contribution is 6.07. The fraction of sp³-hybridized carbons (Fsp3) is 0.296. The predicted molar refractivity (Wildman–Crippen MR) is 132 cm³/mol. The van der Waals surface area contributed by atoms with Gasteiger partial charge in [0, 0.05) is 10.9 Å². The molecule has 184 valence electrons. The first-order chi connectivity index (χ1) is 16.8. The van der Waals surface area contributed by atoms with Crippen LogP contribution in [0.2, 0.25) is 0 Å². The van der Waals surface area contributed by atoms with E-state index in [1.165, 1.54) is 40.6 Å². The normalized spacial score (nSPS) is 11.9. The van der Waals surface area contributed by atoms with Gasteiger partial charge >= 0.3 is 11.6 Å². The zero-order valence-electron chi connectivity index (χ0n) is 20.6. The van der Waals surface area contributed by atoms with Gasteiger partial charge in [0.25, 0.3) is 0 Å². The number of ether oxygens (including phenoxy) is 4. The van der Waals surface area contributed by atoms with Crippen LogP contribution in [0.25, 0.3) is 17.0 Å². The number of carbonyl (C=O) groups excluding carboxylic acids is 2. The van der Waals surface area contributed by atoms with Gasteiger partial charge in [-0.15, -0.1) is 0 Å². The van der Waals surface area contributed by atoms with Crippen LogP contribution in [0.15, 0.2) is 45.6 Å². The van der Waals surface area contributed by atoms with Crippen molar-refractivity contribution in [1.82, 2.24) is 0 Å². The van der Waals surface area contributed by atoms with Crippen LogP contribution in [0.4, 0.5) is 0 Å². The highest BCUT2D eigenvalue weighted by Gasteiger charge is 2.19. The van der Waals surface area contributed by atoms with Gasteiger partial charge < -0.3 is 23.4 Å². The Bertz CT molecular complexity index is 1320. The Kier molecular flexibility index (Phi) is 7.96. The molecule has 0 aliphatic heterocycles. The van der Waals surface area contributed by atoms with Crippen molar-refractivity contribution in [3.05, 3.63) is 69.1 Å². The van der Waals surface area contributed by atoms with E-state index in [9.17, 15) is 14.4 Å². The van der Waals surface area contributed by atoms with E-state index in [0.29, 0.717) is 39.3 Å². The molecule has 0 bridgehead atoms. The molecule has 1 heterocycles. The molecule has 0 amide bonds. The number of methoxy groups -OCH3 is 4. The summed E-state index contributed by atoms with van der Waals surface area (Å²) in [6.07, 6.45) is 3.90. The van der Waals surface area contributed by atoms with Gasteiger partial charge in [0.05, 0.1) is 28.4 Å². The number of benzene rings is 2. The highest BCUT2D eigenvalue weighted by Crippen LogP contribution is 2.38. The molecular formula is C27H28O8. The maximum absolute atomic E-state index is 13.0. The average molecular weight is 481 g/mol. The van der Waals surface area contributed by atoms with E-state index in [2.05, 4.69) is 0 Å². The molecule has 0 N–H and O–H groups in total. The molecular weight excluding hydrogens is 452 g/mol. The fourth-order valence-corrected chi connectivity index (χ4v) is 3.71. The van der Waals surface area contributed by atoms with E-state index in [4.69, 9.17) is 23.4 Å². The van der Waals surface area contributed by atoms with Gasteiger partial charge in [-0.25, -0.2) is 9.59 Å². The minimum Gasteiger partial charge on any atom is -0.493 e. The summed E-state index contributed by atoms with van der Waals surface area (Å²) in [5.41, 5.74) is 1.33. The van der Waals surface area contributed by atoms with Crippen molar-refractivity contribution in [3.8, 4) is 17.2 Å². The molecule has 8 nitrogen and oxygen atoms in total. The van der Waals surface area contributed by atoms with E-state index in [-0.39, 0.29) is 17.3 Å². The Morgan fingerprint density at radius 3 is 2.17 bits per heavy atom. The molecule has 35 heavy (non-hydrogen) atoms. The molecule has 0 saturated carbocycles. The molecule has 2 aromatic carbocycles. The number of esters is 1. The molecule has 0 fully saturated rings. The number of fused-ring (bicyclic) bond motifs is 1. The largest absolute Gasteiger partial charge is 0.493 e. The number of hydrogen-bond donors (Lipinski definition) is 0. The quantitative estimate of drug-likeness (QED) is 0.182. The van der Waals surface area contributed by atoms with Crippen molar-refractivity contribution in [1.29, 1.82) is 0 Å². The van der Waals surface area contributed by atoms with Crippen LogP contribution in [0.5, 0.6) is 17.2 Å². The van der Waals surface area contributed by atoms with Crippen molar-refractivity contribution < 1.29 is 33.0 Å². The van der Waals surface area contributed by atoms with Gasteiger partial charge in [-0.2, -0.15) is 0 Å². The average Bonchev–Trinajstić information content (AvgIpc) is 2.88. The lowest BCUT2D eigenvalue weighted by Gasteiger charge is -2.14. The van der Waals surface area contributed by atoms with Crippen molar-refractivity contribution in [2.24, 2.45) is 0 Å². The van der Waals surface area contributed by atoms with Crippen molar-refractivity contribution in [2.45, 2.75) is 26.2 Å². The predicted octanol–water partition coefficient (Wildman–Crippen LogP) is 5.02. The minimum absolute atomic E-state index is 0.0730. The SMILES string of the molecule is CCC(C)c1cc(C=CC(=O)c2cc(OC)c(OC)c(OC)c2)cc2cc(C(=O)OC)c(=O)oc12. The summed E-state index contributed by atoms with van der Waals surface area (Å²) in [5.74, 6) is 0.168. The fourth-order valence-electron chi connectivity index (χ4n) is 3.71. The Morgan fingerprint density at radius 2 is 1.63 bits per heavy atom. The monoisotopic (exact) mass is 480 g/mol. The third-order valence-corrected chi connectivity index (χ3v) is 5.81. The molecule has 0 aliphatic carbocycles. The lowest BCUT2D eigenvalue weighted by molar-refractivity contribution is 0.0596. The summed E-state index contributed by atoms with van der Waals surface area (Å²) in [4.78, 5) is 37.3. The summed E-state index contributed by atoms with van der Waals surface area (Å²) in [5, 5.41) is 0.558. The molecule has 0 saturated heterocycles. The smallest absolute Gasteiger partial charge is 0.351 e. The van der Waals surface area contributed by atoms with E-state index < -0.39 is 11.6 Å². The van der Waals surface area contributed by atoms with Gasteiger partial charge in [0.2, 0.25) is 5.75 Å². The Labute approximate surface area is 203 Å². The summed E-state index contributed by atoms with van der Waals surface area (Å²) in [6.45, 7) is 4.03. The summed E-state index contributed by atoms with van der Waals surface area (Å²) >= 11 is 0.